The monoisotopic (exact) mass is 189 g/mol. The third-order valence-corrected chi connectivity index (χ3v) is 1.77. The van der Waals surface area contributed by atoms with Crippen molar-refractivity contribution in [3.05, 3.63) is 23.8 Å². The van der Waals surface area contributed by atoms with Gasteiger partial charge in [0.15, 0.2) is 17.1 Å². The van der Waals surface area contributed by atoms with E-state index in [1.165, 1.54) is 16.9 Å². The van der Waals surface area contributed by atoms with E-state index in [-0.39, 0.29) is 5.69 Å². The Bertz CT molecular complexity index is 338. The topological polar surface area (TPSA) is 46.1 Å². The fourth-order valence-electron chi connectivity index (χ4n) is 1.07. The lowest BCUT2D eigenvalue weighted by molar-refractivity contribution is 0.0925. The van der Waals surface area contributed by atoms with Gasteiger partial charge in [0.1, 0.15) is 0 Å². The summed E-state index contributed by atoms with van der Waals surface area (Å²) in [5.74, 6) is -1.08. The minimum Gasteiger partial charge on any atom is -0.317 e. The highest BCUT2D eigenvalue weighted by Crippen LogP contribution is 2.12. The first kappa shape index (κ1) is 7.42. The molecule has 0 saturated carbocycles. The van der Waals surface area contributed by atoms with Crippen LogP contribution in [0.3, 0.4) is 0 Å². The smallest absolute Gasteiger partial charge is 0.275 e. The van der Waals surface area contributed by atoms with Gasteiger partial charge in [-0.05, 0) is 6.07 Å². The summed E-state index contributed by atoms with van der Waals surface area (Å²) in [6.07, 6.45) is 1.40. The Morgan fingerprint density at radius 3 is 3.17 bits per heavy atom. The molecule has 64 valence electrons. The van der Waals surface area contributed by atoms with Crippen molar-refractivity contribution in [1.82, 2.24) is 9.99 Å². The van der Waals surface area contributed by atoms with Crippen molar-refractivity contribution in [3.63, 3.8) is 0 Å². The molecule has 0 fully saturated rings. The second kappa shape index (κ2) is 2.38. The fourth-order valence-corrected chi connectivity index (χ4v) is 1.28. The number of amides is 1. The van der Waals surface area contributed by atoms with Crippen LogP contribution >= 0.6 is 11.6 Å². The highest BCUT2D eigenvalue weighted by atomic mass is 35.5. The van der Waals surface area contributed by atoms with Gasteiger partial charge in [0.05, 0.1) is 0 Å². The number of rotatable bonds is 0. The Labute approximate surface area is 72.3 Å². The summed E-state index contributed by atoms with van der Waals surface area (Å²) in [6, 6.07) is 1.19. The molecule has 1 aliphatic rings. The number of hydrogen-bond acceptors (Lipinski definition) is 2. The molecule has 1 unspecified atom stereocenters. The van der Waals surface area contributed by atoms with Crippen LogP contribution in [0.25, 0.3) is 0 Å². The van der Waals surface area contributed by atoms with Crippen LogP contribution in [0.4, 0.5) is 4.39 Å². The largest absolute Gasteiger partial charge is 0.317 e. The van der Waals surface area contributed by atoms with Crippen molar-refractivity contribution in [2.75, 3.05) is 5.43 Å². The second-order valence-corrected chi connectivity index (χ2v) is 2.78. The molecule has 2 N–H and O–H groups in total. The van der Waals surface area contributed by atoms with Gasteiger partial charge in [-0.25, -0.2) is 4.39 Å². The first-order valence-electron chi connectivity index (χ1n) is 3.27. The third kappa shape index (κ3) is 0.937. The SMILES string of the molecule is O=C1NC(Cl)Nn2ccc(F)c21. The van der Waals surface area contributed by atoms with Crippen molar-refractivity contribution in [2.45, 2.75) is 5.62 Å². The maximum Gasteiger partial charge on any atom is 0.275 e. The summed E-state index contributed by atoms with van der Waals surface area (Å²) in [5.41, 5.74) is 1.87. The summed E-state index contributed by atoms with van der Waals surface area (Å²) < 4.78 is 14.1. The summed E-state index contributed by atoms with van der Waals surface area (Å²) in [5, 5.41) is 2.32. The van der Waals surface area contributed by atoms with Gasteiger partial charge in [-0.2, -0.15) is 0 Å². The van der Waals surface area contributed by atoms with Gasteiger partial charge in [0, 0.05) is 6.20 Å². The molecule has 0 radical (unpaired) electrons. The van der Waals surface area contributed by atoms with Gasteiger partial charge < -0.3 is 5.32 Å². The van der Waals surface area contributed by atoms with E-state index < -0.39 is 17.3 Å². The Hall–Kier alpha value is -1.23. The van der Waals surface area contributed by atoms with E-state index in [0.717, 1.165) is 0 Å². The molecule has 1 aromatic rings. The first-order chi connectivity index (χ1) is 5.68. The molecule has 0 saturated heterocycles. The van der Waals surface area contributed by atoms with Gasteiger partial charge in [-0.1, -0.05) is 11.6 Å². The van der Waals surface area contributed by atoms with Crippen LogP contribution in [0.15, 0.2) is 12.3 Å². The van der Waals surface area contributed by atoms with Gasteiger partial charge in [0.2, 0.25) is 0 Å². The molecule has 6 heteroatoms. The molecule has 1 atom stereocenters. The molecule has 2 heterocycles. The van der Waals surface area contributed by atoms with Crippen LogP contribution in [0.1, 0.15) is 10.5 Å². The van der Waals surface area contributed by atoms with E-state index in [2.05, 4.69) is 10.7 Å². The molecule has 0 aromatic carbocycles. The number of carbonyl (C=O) groups excluding carboxylic acids is 1. The first-order valence-corrected chi connectivity index (χ1v) is 3.70. The molecular weight excluding hydrogens is 185 g/mol. The van der Waals surface area contributed by atoms with Crippen LogP contribution in [0.2, 0.25) is 0 Å². The normalized spacial score (nSPS) is 21.2. The van der Waals surface area contributed by atoms with E-state index in [9.17, 15) is 9.18 Å². The summed E-state index contributed by atoms with van der Waals surface area (Å²) in [7, 11) is 0. The standard InChI is InChI=1S/C6H5ClFN3O/c7-6-9-5(12)4-3(8)1-2-11(4)10-6/h1-2,6,10H,(H,9,12). The van der Waals surface area contributed by atoms with Crippen molar-refractivity contribution in [1.29, 1.82) is 0 Å². The van der Waals surface area contributed by atoms with Crippen molar-refractivity contribution < 1.29 is 9.18 Å². The average molecular weight is 190 g/mol. The fraction of sp³-hybridized carbons (Fsp3) is 0.167. The molecule has 0 aliphatic carbocycles. The highest BCUT2D eigenvalue weighted by Gasteiger charge is 2.24. The molecule has 2 rings (SSSR count). The number of carbonyl (C=O) groups is 1. The predicted octanol–water partition coefficient (Wildman–Crippen LogP) is 0.436. The van der Waals surface area contributed by atoms with Gasteiger partial charge in [0.25, 0.3) is 5.91 Å². The zero-order valence-electron chi connectivity index (χ0n) is 5.84. The van der Waals surface area contributed by atoms with Crippen molar-refractivity contribution in [2.24, 2.45) is 0 Å². The molecule has 1 aromatic heterocycles. The Kier molecular flexibility index (Phi) is 1.47. The highest BCUT2D eigenvalue weighted by molar-refractivity contribution is 6.22. The minimum atomic E-state index is -0.697. The molecular formula is C6H5ClFN3O. The molecule has 12 heavy (non-hydrogen) atoms. The van der Waals surface area contributed by atoms with Gasteiger partial charge in [-0.3, -0.25) is 14.9 Å². The van der Waals surface area contributed by atoms with Crippen LogP contribution in [0.5, 0.6) is 0 Å². The van der Waals surface area contributed by atoms with Crippen LogP contribution < -0.4 is 10.7 Å². The van der Waals surface area contributed by atoms with Crippen molar-refractivity contribution >= 4 is 17.5 Å². The average Bonchev–Trinajstić information content (AvgIpc) is 2.31. The number of fused-ring (bicyclic) bond motifs is 1. The van der Waals surface area contributed by atoms with E-state index in [1.54, 1.807) is 0 Å². The number of alkyl halides is 1. The van der Waals surface area contributed by atoms with Crippen molar-refractivity contribution in [3.8, 4) is 0 Å². The Morgan fingerprint density at radius 2 is 2.42 bits per heavy atom. The molecule has 1 aliphatic heterocycles. The third-order valence-electron chi connectivity index (χ3n) is 1.56. The second-order valence-electron chi connectivity index (χ2n) is 2.35. The lowest BCUT2D eigenvalue weighted by atomic mass is 10.4. The zero-order chi connectivity index (χ0) is 8.72. The molecule has 0 spiro atoms. The van der Waals surface area contributed by atoms with Crippen LogP contribution in [-0.2, 0) is 0 Å². The molecule has 4 nitrogen and oxygen atoms in total. The summed E-state index contributed by atoms with van der Waals surface area (Å²) in [4.78, 5) is 11.1. The maximum absolute atomic E-state index is 12.8. The summed E-state index contributed by atoms with van der Waals surface area (Å²) >= 11 is 5.56. The Morgan fingerprint density at radius 1 is 1.67 bits per heavy atom. The van der Waals surface area contributed by atoms with E-state index >= 15 is 0 Å². The summed E-state index contributed by atoms with van der Waals surface area (Å²) in [6.45, 7) is 0. The van der Waals surface area contributed by atoms with E-state index in [1.807, 2.05) is 0 Å². The zero-order valence-corrected chi connectivity index (χ0v) is 6.60. The molecule has 1 amide bonds. The number of aromatic nitrogens is 1. The number of halogens is 2. The lowest BCUT2D eigenvalue weighted by Gasteiger charge is -2.22. The number of nitrogens with one attached hydrogen (secondary N) is 2. The quantitative estimate of drug-likeness (QED) is 0.460. The number of hydrogen-bond donors (Lipinski definition) is 2. The van der Waals surface area contributed by atoms with Gasteiger partial charge >= 0.3 is 0 Å². The van der Waals surface area contributed by atoms with Crippen LogP contribution in [0, 0.1) is 5.82 Å². The predicted molar refractivity (Wildman–Crippen MR) is 40.9 cm³/mol. The lowest BCUT2D eigenvalue weighted by Crippen LogP contribution is -2.47. The van der Waals surface area contributed by atoms with Gasteiger partial charge in [-0.15, -0.1) is 0 Å². The molecule has 0 bridgehead atoms. The number of nitrogens with zero attached hydrogens (tertiary/aromatic N) is 1. The van der Waals surface area contributed by atoms with E-state index in [0.29, 0.717) is 0 Å². The van der Waals surface area contributed by atoms with Crippen LogP contribution in [-0.4, -0.2) is 16.2 Å². The minimum absolute atomic E-state index is 0.0492. The Balaban J connectivity index is 2.50. The van der Waals surface area contributed by atoms with E-state index in [4.69, 9.17) is 11.6 Å². The maximum atomic E-state index is 12.8.